The highest BCUT2D eigenvalue weighted by molar-refractivity contribution is 7.98. The molecule has 0 aliphatic carbocycles. The van der Waals surface area contributed by atoms with Gasteiger partial charge in [0, 0.05) is 23.9 Å². The van der Waals surface area contributed by atoms with Crippen molar-refractivity contribution >= 4 is 29.0 Å². The fourth-order valence-corrected chi connectivity index (χ4v) is 3.18. The summed E-state index contributed by atoms with van der Waals surface area (Å²) in [4.78, 5) is 2.90. The minimum atomic E-state index is 0.469. The van der Waals surface area contributed by atoms with E-state index >= 15 is 0 Å². The first-order valence-electron chi connectivity index (χ1n) is 6.58. The molecule has 2 N–H and O–H groups in total. The Morgan fingerprint density at radius 1 is 1.47 bits per heavy atom. The van der Waals surface area contributed by atoms with Gasteiger partial charge in [-0.3, -0.25) is 4.90 Å². The summed E-state index contributed by atoms with van der Waals surface area (Å²) in [6.45, 7) is 5.35. The van der Waals surface area contributed by atoms with E-state index in [1.807, 2.05) is 17.8 Å². The lowest BCUT2D eigenvalue weighted by Gasteiger charge is -2.27. The van der Waals surface area contributed by atoms with E-state index in [2.05, 4.69) is 44.2 Å². The van der Waals surface area contributed by atoms with Gasteiger partial charge in [-0.25, -0.2) is 0 Å². The lowest BCUT2D eigenvalue weighted by atomic mass is 10.0. The second-order valence-corrected chi connectivity index (χ2v) is 6.29. The maximum Gasteiger partial charge on any atom is 0.103 e. The van der Waals surface area contributed by atoms with Crippen LogP contribution in [0.5, 0.6) is 0 Å². The number of thioether (sulfide) groups is 1. The van der Waals surface area contributed by atoms with Crippen molar-refractivity contribution in [1.29, 1.82) is 0 Å². The van der Waals surface area contributed by atoms with Crippen LogP contribution >= 0.6 is 24.0 Å². The Kier molecular flexibility index (Phi) is 6.83. The summed E-state index contributed by atoms with van der Waals surface area (Å²) < 4.78 is 0. The lowest BCUT2D eigenvalue weighted by Crippen LogP contribution is -2.32. The highest BCUT2D eigenvalue weighted by atomic mass is 32.2. The molecule has 0 aliphatic rings. The van der Waals surface area contributed by atoms with Crippen LogP contribution in [0.4, 0.5) is 0 Å². The summed E-state index contributed by atoms with van der Waals surface area (Å²) >= 11 is 6.92. The van der Waals surface area contributed by atoms with Crippen LogP contribution in [-0.4, -0.2) is 35.0 Å². The molecule has 0 saturated carbocycles. The number of benzene rings is 1. The number of nitrogens with two attached hydrogens (primary N) is 1. The fourth-order valence-electron chi connectivity index (χ4n) is 2.17. The molecule has 0 radical (unpaired) electrons. The first-order chi connectivity index (χ1) is 8.99. The number of thiocarbonyl (C=S) groups is 1. The van der Waals surface area contributed by atoms with Crippen molar-refractivity contribution in [1.82, 2.24) is 4.90 Å². The Morgan fingerprint density at radius 2 is 2.16 bits per heavy atom. The number of nitrogens with zero attached hydrogens (tertiary/aromatic N) is 1. The molecule has 0 amide bonds. The van der Waals surface area contributed by atoms with Crippen LogP contribution < -0.4 is 5.73 Å². The molecule has 0 bridgehead atoms. The monoisotopic (exact) mass is 296 g/mol. The van der Waals surface area contributed by atoms with Crippen LogP contribution in [0.15, 0.2) is 18.2 Å². The molecule has 0 fully saturated rings. The molecule has 1 aromatic rings. The molecule has 1 rings (SSSR count). The van der Waals surface area contributed by atoms with E-state index in [4.69, 9.17) is 18.0 Å². The number of hydrogen-bond donors (Lipinski definition) is 1. The van der Waals surface area contributed by atoms with Crippen molar-refractivity contribution in [3.05, 3.63) is 34.9 Å². The minimum absolute atomic E-state index is 0.469. The third-order valence-corrected chi connectivity index (χ3v) is 4.45. The van der Waals surface area contributed by atoms with Crippen molar-refractivity contribution in [2.45, 2.75) is 32.9 Å². The van der Waals surface area contributed by atoms with Crippen molar-refractivity contribution < 1.29 is 0 Å². The average Bonchev–Trinajstić information content (AvgIpc) is 2.37. The Bertz CT molecular complexity index is 432. The molecule has 0 heterocycles. The smallest absolute Gasteiger partial charge is 0.103 e. The zero-order valence-corrected chi connectivity index (χ0v) is 13.9. The fraction of sp³-hybridized carbons (Fsp3) is 0.533. The minimum Gasteiger partial charge on any atom is -0.389 e. The summed E-state index contributed by atoms with van der Waals surface area (Å²) in [6.07, 6.45) is 3.35. The molecule has 19 heavy (non-hydrogen) atoms. The molecule has 1 aromatic carbocycles. The molecule has 0 saturated heterocycles. The van der Waals surface area contributed by atoms with E-state index in [0.29, 0.717) is 11.0 Å². The van der Waals surface area contributed by atoms with Crippen molar-refractivity contribution in [3.8, 4) is 0 Å². The van der Waals surface area contributed by atoms with Gasteiger partial charge in [-0.2, -0.15) is 11.8 Å². The van der Waals surface area contributed by atoms with E-state index in [1.54, 1.807) is 0 Å². The van der Waals surface area contributed by atoms with Gasteiger partial charge in [-0.1, -0.05) is 31.3 Å². The standard InChI is InChI=1S/C15H24N2S2/c1-5-14(10-19-4)17(3)9-13-7-6-12(15(16)18)8-11(13)2/h6-8,14H,5,9-10H2,1-4H3,(H2,16,18). The molecule has 1 atom stereocenters. The second kappa shape index (κ2) is 7.88. The van der Waals surface area contributed by atoms with Crippen molar-refractivity contribution in [3.63, 3.8) is 0 Å². The van der Waals surface area contributed by atoms with E-state index in [9.17, 15) is 0 Å². The zero-order valence-electron chi connectivity index (χ0n) is 12.3. The van der Waals surface area contributed by atoms with Crippen LogP contribution in [0.3, 0.4) is 0 Å². The largest absolute Gasteiger partial charge is 0.389 e. The predicted molar refractivity (Wildman–Crippen MR) is 91.0 cm³/mol. The summed E-state index contributed by atoms with van der Waals surface area (Å²) in [5, 5.41) is 0. The van der Waals surface area contributed by atoms with Gasteiger partial charge in [0.05, 0.1) is 0 Å². The third kappa shape index (κ3) is 4.79. The van der Waals surface area contributed by atoms with E-state index < -0.39 is 0 Å². The molecular formula is C15H24N2S2. The van der Waals surface area contributed by atoms with Gasteiger partial charge in [0.2, 0.25) is 0 Å². The third-order valence-electron chi connectivity index (χ3n) is 3.50. The van der Waals surface area contributed by atoms with E-state index in [-0.39, 0.29) is 0 Å². The average molecular weight is 297 g/mol. The van der Waals surface area contributed by atoms with Gasteiger partial charge in [-0.05, 0) is 43.8 Å². The summed E-state index contributed by atoms with van der Waals surface area (Å²) in [6, 6.07) is 6.88. The van der Waals surface area contributed by atoms with Crippen LogP contribution in [-0.2, 0) is 6.54 Å². The Balaban J connectivity index is 2.79. The number of aryl methyl sites for hydroxylation is 1. The normalized spacial score (nSPS) is 12.7. The molecule has 0 aliphatic heterocycles. The van der Waals surface area contributed by atoms with Gasteiger partial charge in [0.25, 0.3) is 0 Å². The first kappa shape index (κ1) is 16.5. The van der Waals surface area contributed by atoms with Gasteiger partial charge in [-0.15, -0.1) is 0 Å². The predicted octanol–water partition coefficient (Wildman–Crippen LogP) is 3.20. The molecule has 2 nitrogen and oxygen atoms in total. The van der Waals surface area contributed by atoms with Crippen LogP contribution in [0.25, 0.3) is 0 Å². The summed E-state index contributed by atoms with van der Waals surface area (Å²) in [5.74, 6) is 1.18. The summed E-state index contributed by atoms with van der Waals surface area (Å²) in [5.41, 5.74) is 9.22. The van der Waals surface area contributed by atoms with Crippen molar-refractivity contribution in [2.75, 3.05) is 19.1 Å². The van der Waals surface area contributed by atoms with Crippen LogP contribution in [0, 0.1) is 6.92 Å². The summed E-state index contributed by atoms with van der Waals surface area (Å²) in [7, 11) is 2.20. The van der Waals surface area contributed by atoms with Gasteiger partial charge < -0.3 is 5.73 Å². The first-order valence-corrected chi connectivity index (χ1v) is 8.38. The van der Waals surface area contributed by atoms with Crippen molar-refractivity contribution in [2.24, 2.45) is 5.73 Å². The Morgan fingerprint density at radius 3 is 2.63 bits per heavy atom. The maximum absolute atomic E-state index is 5.66. The van der Waals surface area contributed by atoms with E-state index in [0.717, 1.165) is 12.1 Å². The quantitative estimate of drug-likeness (QED) is 0.782. The maximum atomic E-state index is 5.66. The Labute approximate surface area is 126 Å². The SMILES string of the molecule is CCC(CSC)N(C)Cc1ccc(C(N)=S)cc1C. The molecule has 0 aromatic heterocycles. The lowest BCUT2D eigenvalue weighted by molar-refractivity contribution is 0.247. The highest BCUT2D eigenvalue weighted by Crippen LogP contribution is 2.16. The molecule has 0 spiro atoms. The Hall–Kier alpha value is -0.580. The molecule has 1 unspecified atom stereocenters. The highest BCUT2D eigenvalue weighted by Gasteiger charge is 2.13. The van der Waals surface area contributed by atoms with Crippen LogP contribution in [0.1, 0.15) is 30.0 Å². The molecular weight excluding hydrogens is 272 g/mol. The number of rotatable bonds is 7. The number of hydrogen-bond acceptors (Lipinski definition) is 3. The van der Waals surface area contributed by atoms with Gasteiger partial charge in [0.15, 0.2) is 0 Å². The van der Waals surface area contributed by atoms with Crippen LogP contribution in [0.2, 0.25) is 0 Å². The van der Waals surface area contributed by atoms with Gasteiger partial charge >= 0.3 is 0 Å². The topological polar surface area (TPSA) is 29.3 Å². The zero-order chi connectivity index (χ0) is 14.4. The molecule has 106 valence electrons. The van der Waals surface area contributed by atoms with Gasteiger partial charge in [0.1, 0.15) is 4.99 Å². The molecule has 4 heteroatoms. The van der Waals surface area contributed by atoms with E-state index in [1.165, 1.54) is 23.3 Å². The second-order valence-electron chi connectivity index (χ2n) is 4.94.